The molecule has 2 aromatic rings. The lowest BCUT2D eigenvalue weighted by atomic mass is 9.92. The summed E-state index contributed by atoms with van der Waals surface area (Å²) in [5.74, 6) is 0.884. The number of methoxy groups -OCH3 is 1. The van der Waals surface area contributed by atoms with Gasteiger partial charge in [0.1, 0.15) is 11.6 Å². The first-order valence-electron chi connectivity index (χ1n) is 6.90. The number of ether oxygens (including phenoxy) is 1. The Kier molecular flexibility index (Phi) is 5.76. The molecular weight excluding hydrogens is 333 g/mol. The summed E-state index contributed by atoms with van der Waals surface area (Å²) in [6.07, 6.45) is 1.54. The van der Waals surface area contributed by atoms with Gasteiger partial charge < -0.3 is 10.5 Å². The number of nitrogens with two attached hydrogens (primary N) is 1. The number of benzene rings is 2. The Balaban J connectivity index is 2.15. The zero-order valence-electron chi connectivity index (χ0n) is 12.0. The van der Waals surface area contributed by atoms with Crippen LogP contribution in [0.15, 0.2) is 46.9 Å². The molecule has 2 N–H and O–H groups in total. The number of hydrogen-bond acceptors (Lipinski definition) is 2. The summed E-state index contributed by atoms with van der Waals surface area (Å²) in [6.45, 7) is 0.543. The summed E-state index contributed by atoms with van der Waals surface area (Å²) in [5, 5.41) is 0. The molecule has 0 fully saturated rings. The highest BCUT2D eigenvalue weighted by Gasteiger charge is 2.14. The largest absolute Gasteiger partial charge is 0.496 e. The first-order valence-corrected chi connectivity index (χ1v) is 7.69. The van der Waals surface area contributed by atoms with E-state index in [0.29, 0.717) is 6.54 Å². The van der Waals surface area contributed by atoms with E-state index in [-0.39, 0.29) is 11.7 Å². The molecule has 2 rings (SSSR count). The fraction of sp³-hybridized carbons (Fsp3) is 0.294. The third-order valence-corrected chi connectivity index (χ3v) is 4.32. The van der Waals surface area contributed by atoms with Crippen LogP contribution >= 0.6 is 15.9 Å². The van der Waals surface area contributed by atoms with Crippen molar-refractivity contribution >= 4 is 15.9 Å². The molecule has 0 radical (unpaired) electrons. The van der Waals surface area contributed by atoms with Gasteiger partial charge in [-0.2, -0.15) is 0 Å². The molecule has 0 aliphatic carbocycles. The van der Waals surface area contributed by atoms with E-state index >= 15 is 0 Å². The molecule has 2 aromatic carbocycles. The molecule has 21 heavy (non-hydrogen) atoms. The highest BCUT2D eigenvalue weighted by atomic mass is 79.9. The maximum atomic E-state index is 13.4. The number of hydrogen-bond donors (Lipinski definition) is 1. The van der Waals surface area contributed by atoms with Crippen LogP contribution < -0.4 is 10.5 Å². The fourth-order valence-electron chi connectivity index (χ4n) is 2.43. The van der Waals surface area contributed by atoms with E-state index in [1.54, 1.807) is 19.2 Å². The van der Waals surface area contributed by atoms with Crippen LogP contribution in [-0.2, 0) is 12.8 Å². The second-order valence-corrected chi connectivity index (χ2v) is 5.91. The summed E-state index contributed by atoms with van der Waals surface area (Å²) in [6, 6.07) is 12.7. The molecule has 4 heteroatoms. The molecule has 0 saturated carbocycles. The Labute approximate surface area is 133 Å². The molecule has 0 amide bonds. The quantitative estimate of drug-likeness (QED) is 0.854. The summed E-state index contributed by atoms with van der Waals surface area (Å²) in [5.41, 5.74) is 7.97. The van der Waals surface area contributed by atoms with E-state index in [1.165, 1.54) is 6.07 Å². The van der Waals surface area contributed by atoms with Crippen molar-refractivity contribution in [1.82, 2.24) is 0 Å². The molecule has 1 atom stereocenters. The third-order valence-electron chi connectivity index (χ3n) is 3.55. The molecule has 112 valence electrons. The molecule has 2 nitrogen and oxygen atoms in total. The van der Waals surface area contributed by atoms with Gasteiger partial charge in [-0.1, -0.05) is 34.1 Å². The lowest BCUT2D eigenvalue weighted by molar-refractivity contribution is 0.404. The number of rotatable bonds is 6. The van der Waals surface area contributed by atoms with Crippen LogP contribution in [0.1, 0.15) is 11.1 Å². The Hall–Kier alpha value is -1.39. The Morgan fingerprint density at radius 2 is 1.86 bits per heavy atom. The van der Waals surface area contributed by atoms with Gasteiger partial charge in [-0.15, -0.1) is 0 Å². The van der Waals surface area contributed by atoms with Gasteiger partial charge in [0.2, 0.25) is 0 Å². The van der Waals surface area contributed by atoms with Crippen molar-refractivity contribution in [2.24, 2.45) is 11.7 Å². The van der Waals surface area contributed by atoms with Crippen LogP contribution in [0.25, 0.3) is 0 Å². The van der Waals surface area contributed by atoms with Crippen molar-refractivity contribution < 1.29 is 9.13 Å². The maximum Gasteiger partial charge on any atom is 0.123 e. The van der Waals surface area contributed by atoms with Gasteiger partial charge in [0.15, 0.2) is 0 Å². The van der Waals surface area contributed by atoms with E-state index in [1.807, 2.05) is 24.3 Å². The first kappa shape index (κ1) is 16.0. The Morgan fingerprint density at radius 1 is 1.14 bits per heavy atom. The van der Waals surface area contributed by atoms with Gasteiger partial charge in [0, 0.05) is 4.47 Å². The average Bonchev–Trinajstić information content (AvgIpc) is 2.50. The monoisotopic (exact) mass is 351 g/mol. The third kappa shape index (κ3) is 4.29. The molecule has 0 heterocycles. The SMILES string of the molecule is COc1ccccc1CC(CN)Cc1cc(F)ccc1Br. The van der Waals surface area contributed by atoms with E-state index < -0.39 is 0 Å². The molecular formula is C17H19BrFNO. The highest BCUT2D eigenvalue weighted by Crippen LogP contribution is 2.25. The van der Waals surface area contributed by atoms with Crippen LogP contribution in [0, 0.1) is 11.7 Å². The van der Waals surface area contributed by atoms with Crippen molar-refractivity contribution in [3.05, 3.63) is 63.9 Å². The Bertz CT molecular complexity index is 603. The standard InChI is InChI=1S/C17H19BrFNO/c1-21-17-5-3-2-4-13(17)8-12(11-20)9-14-10-15(19)6-7-16(14)18/h2-7,10,12H,8-9,11,20H2,1H3. The molecule has 0 spiro atoms. The Morgan fingerprint density at radius 3 is 2.57 bits per heavy atom. The van der Waals surface area contributed by atoms with Gasteiger partial charge >= 0.3 is 0 Å². The topological polar surface area (TPSA) is 35.2 Å². The van der Waals surface area contributed by atoms with Crippen LogP contribution in [0.3, 0.4) is 0 Å². The van der Waals surface area contributed by atoms with E-state index in [2.05, 4.69) is 15.9 Å². The minimum absolute atomic E-state index is 0.221. The van der Waals surface area contributed by atoms with E-state index in [4.69, 9.17) is 10.5 Å². The maximum absolute atomic E-state index is 13.4. The van der Waals surface area contributed by atoms with Crippen LogP contribution in [0.5, 0.6) is 5.75 Å². The minimum atomic E-state index is -0.221. The van der Waals surface area contributed by atoms with Crippen molar-refractivity contribution in [3.63, 3.8) is 0 Å². The summed E-state index contributed by atoms with van der Waals surface area (Å²) < 4.78 is 19.7. The van der Waals surface area contributed by atoms with Crippen molar-refractivity contribution in [2.45, 2.75) is 12.8 Å². The van der Waals surface area contributed by atoms with Gasteiger partial charge in [0.25, 0.3) is 0 Å². The molecule has 0 saturated heterocycles. The predicted molar refractivity (Wildman–Crippen MR) is 87.0 cm³/mol. The summed E-state index contributed by atoms with van der Waals surface area (Å²) in [4.78, 5) is 0. The summed E-state index contributed by atoms with van der Waals surface area (Å²) in [7, 11) is 1.67. The lowest BCUT2D eigenvalue weighted by Crippen LogP contribution is -2.20. The zero-order chi connectivity index (χ0) is 15.2. The van der Waals surface area contributed by atoms with Gasteiger partial charge in [-0.05, 0) is 60.7 Å². The van der Waals surface area contributed by atoms with Crippen LogP contribution in [0.4, 0.5) is 4.39 Å². The summed E-state index contributed by atoms with van der Waals surface area (Å²) >= 11 is 3.47. The average molecular weight is 352 g/mol. The highest BCUT2D eigenvalue weighted by molar-refractivity contribution is 9.10. The zero-order valence-corrected chi connectivity index (χ0v) is 13.6. The van der Waals surface area contributed by atoms with Crippen molar-refractivity contribution in [3.8, 4) is 5.75 Å². The number of halogens is 2. The van der Waals surface area contributed by atoms with E-state index in [0.717, 1.165) is 34.2 Å². The smallest absolute Gasteiger partial charge is 0.123 e. The normalized spacial score (nSPS) is 12.2. The van der Waals surface area contributed by atoms with E-state index in [9.17, 15) is 4.39 Å². The second kappa shape index (κ2) is 7.57. The van der Waals surface area contributed by atoms with Crippen molar-refractivity contribution in [1.29, 1.82) is 0 Å². The predicted octanol–water partition coefficient (Wildman–Crippen LogP) is 3.96. The van der Waals surface area contributed by atoms with Gasteiger partial charge in [-0.25, -0.2) is 4.39 Å². The van der Waals surface area contributed by atoms with Gasteiger partial charge in [0.05, 0.1) is 7.11 Å². The molecule has 0 bridgehead atoms. The molecule has 0 aliphatic rings. The lowest BCUT2D eigenvalue weighted by Gasteiger charge is -2.17. The first-order chi connectivity index (χ1) is 10.1. The van der Waals surface area contributed by atoms with Gasteiger partial charge in [-0.3, -0.25) is 0 Å². The van der Waals surface area contributed by atoms with Crippen LogP contribution in [-0.4, -0.2) is 13.7 Å². The second-order valence-electron chi connectivity index (χ2n) is 5.06. The van der Waals surface area contributed by atoms with Crippen LogP contribution in [0.2, 0.25) is 0 Å². The number of para-hydroxylation sites is 1. The minimum Gasteiger partial charge on any atom is -0.496 e. The molecule has 0 aromatic heterocycles. The van der Waals surface area contributed by atoms with Crippen molar-refractivity contribution in [2.75, 3.05) is 13.7 Å². The fourth-order valence-corrected chi connectivity index (χ4v) is 2.84. The molecule has 0 aliphatic heterocycles. The molecule has 1 unspecified atom stereocenters.